The molecule has 0 unspecified atom stereocenters. The quantitative estimate of drug-likeness (QED) is 0.655. The number of piperidine rings is 1. The first-order valence-electron chi connectivity index (χ1n) is 12.5. The third kappa shape index (κ3) is 5.54. The minimum atomic E-state index is 0.125. The van der Waals surface area contributed by atoms with Gasteiger partial charge in [0.1, 0.15) is 0 Å². The fourth-order valence-corrected chi connectivity index (χ4v) is 7.09. The van der Waals surface area contributed by atoms with Crippen molar-refractivity contribution in [2.75, 3.05) is 52.5 Å². The number of carbonyl (C=O) groups is 1. The molecular formula is C25H35ClN4O2S. The highest BCUT2D eigenvalue weighted by Gasteiger charge is 2.39. The summed E-state index contributed by atoms with van der Waals surface area (Å²) in [6.07, 6.45) is 8.32. The Hall–Kier alpha value is -1.25. The lowest BCUT2D eigenvalue weighted by Gasteiger charge is -2.48. The molecule has 0 bridgehead atoms. The second kappa shape index (κ2) is 10.6. The Balaban J connectivity index is 1.11. The lowest BCUT2D eigenvalue weighted by molar-refractivity contribution is -0.123. The number of nitrogens with one attached hydrogen (secondary N) is 1. The zero-order valence-electron chi connectivity index (χ0n) is 19.4. The van der Waals surface area contributed by atoms with Crippen LogP contribution < -0.4 is 5.32 Å². The monoisotopic (exact) mass is 490 g/mol. The number of fused-ring (bicyclic) bond motifs is 1. The molecule has 1 aromatic carbocycles. The Labute approximate surface area is 205 Å². The number of morpholine rings is 1. The van der Waals surface area contributed by atoms with E-state index in [-0.39, 0.29) is 11.4 Å². The number of carbonyl (C=O) groups excluding carboxylic acids is 1. The van der Waals surface area contributed by atoms with Gasteiger partial charge in [-0.25, -0.2) is 4.98 Å². The van der Waals surface area contributed by atoms with Gasteiger partial charge in [0.15, 0.2) is 0 Å². The van der Waals surface area contributed by atoms with Gasteiger partial charge in [0, 0.05) is 36.1 Å². The Bertz CT molecular complexity index is 947. The number of rotatable bonds is 6. The second-order valence-corrected chi connectivity index (χ2v) is 11.4. The normalized spacial score (nSPS) is 23.1. The van der Waals surface area contributed by atoms with Crippen molar-refractivity contribution in [1.29, 1.82) is 0 Å². The number of hydrogen-bond donors (Lipinski definition) is 1. The van der Waals surface area contributed by atoms with E-state index in [4.69, 9.17) is 21.3 Å². The van der Waals surface area contributed by atoms with Crippen LogP contribution in [-0.2, 0) is 9.53 Å². The Morgan fingerprint density at radius 3 is 2.67 bits per heavy atom. The zero-order chi connectivity index (χ0) is 22.7. The summed E-state index contributed by atoms with van der Waals surface area (Å²) in [6.45, 7) is 6.77. The highest BCUT2D eigenvalue weighted by molar-refractivity contribution is 7.18. The van der Waals surface area contributed by atoms with Crippen molar-refractivity contribution in [2.45, 2.75) is 56.4 Å². The van der Waals surface area contributed by atoms with E-state index in [1.165, 1.54) is 41.8 Å². The van der Waals surface area contributed by atoms with Crippen LogP contribution in [0.1, 0.15) is 55.9 Å². The summed E-state index contributed by atoms with van der Waals surface area (Å²) in [5, 5.41) is 5.27. The van der Waals surface area contributed by atoms with Crippen LogP contribution in [0.3, 0.4) is 0 Å². The molecule has 3 fully saturated rings. The first-order chi connectivity index (χ1) is 16.1. The zero-order valence-corrected chi connectivity index (χ0v) is 20.9. The smallest absolute Gasteiger partial charge is 0.234 e. The van der Waals surface area contributed by atoms with Gasteiger partial charge in [0.2, 0.25) is 5.91 Å². The number of amides is 1. The molecule has 8 heteroatoms. The SMILES string of the molecule is O=C(CN1CCC(c2nc3cc(Cl)ccc3s2)CC1)NCC1(N2CCOCC2)CCCCC1. The summed E-state index contributed by atoms with van der Waals surface area (Å²) in [4.78, 5) is 22.6. The predicted octanol–water partition coefficient (Wildman–Crippen LogP) is 4.28. The number of benzene rings is 1. The van der Waals surface area contributed by atoms with Crippen LogP contribution in [0.5, 0.6) is 0 Å². The van der Waals surface area contributed by atoms with Gasteiger partial charge in [0.25, 0.3) is 0 Å². The molecule has 5 rings (SSSR count). The van der Waals surface area contributed by atoms with E-state index in [0.29, 0.717) is 12.5 Å². The largest absolute Gasteiger partial charge is 0.379 e. The van der Waals surface area contributed by atoms with Gasteiger partial charge in [-0.1, -0.05) is 30.9 Å². The lowest BCUT2D eigenvalue weighted by atomic mass is 9.79. The van der Waals surface area contributed by atoms with Crippen molar-refractivity contribution < 1.29 is 9.53 Å². The number of ether oxygens (including phenoxy) is 1. The molecule has 1 aromatic heterocycles. The van der Waals surface area contributed by atoms with Gasteiger partial charge < -0.3 is 10.1 Å². The molecule has 2 aliphatic heterocycles. The molecule has 1 amide bonds. The molecule has 2 aromatic rings. The number of thiazole rings is 1. The van der Waals surface area contributed by atoms with Crippen LogP contribution in [0.4, 0.5) is 0 Å². The Morgan fingerprint density at radius 2 is 1.91 bits per heavy atom. The summed E-state index contributed by atoms with van der Waals surface area (Å²) < 4.78 is 6.78. The highest BCUT2D eigenvalue weighted by Crippen LogP contribution is 2.35. The number of hydrogen-bond acceptors (Lipinski definition) is 6. The molecular weight excluding hydrogens is 456 g/mol. The summed E-state index contributed by atoms with van der Waals surface area (Å²) in [5.74, 6) is 0.647. The summed E-state index contributed by atoms with van der Waals surface area (Å²) in [6, 6.07) is 5.95. The highest BCUT2D eigenvalue weighted by atomic mass is 35.5. The molecule has 1 N–H and O–H groups in total. The molecule has 6 nitrogen and oxygen atoms in total. The molecule has 2 saturated heterocycles. The van der Waals surface area contributed by atoms with Crippen molar-refractivity contribution in [1.82, 2.24) is 20.1 Å². The van der Waals surface area contributed by atoms with Gasteiger partial charge in [-0.2, -0.15) is 0 Å². The van der Waals surface area contributed by atoms with Crippen molar-refractivity contribution >= 4 is 39.1 Å². The first kappa shape index (κ1) is 23.5. The van der Waals surface area contributed by atoms with Crippen LogP contribution in [0.15, 0.2) is 18.2 Å². The Morgan fingerprint density at radius 1 is 1.15 bits per heavy atom. The average Bonchev–Trinajstić information content (AvgIpc) is 3.28. The third-order valence-electron chi connectivity index (χ3n) is 7.75. The van der Waals surface area contributed by atoms with Crippen molar-refractivity contribution in [3.8, 4) is 0 Å². The maximum atomic E-state index is 12.9. The van der Waals surface area contributed by atoms with Crippen LogP contribution >= 0.6 is 22.9 Å². The van der Waals surface area contributed by atoms with Crippen LogP contribution in [0, 0.1) is 0 Å². The minimum absolute atomic E-state index is 0.125. The van der Waals surface area contributed by atoms with E-state index >= 15 is 0 Å². The van der Waals surface area contributed by atoms with Gasteiger partial charge >= 0.3 is 0 Å². The number of nitrogens with zero attached hydrogens (tertiary/aromatic N) is 3. The van der Waals surface area contributed by atoms with Crippen molar-refractivity contribution in [3.05, 3.63) is 28.2 Å². The third-order valence-corrected chi connectivity index (χ3v) is 9.18. The number of halogens is 1. The van der Waals surface area contributed by atoms with Crippen molar-refractivity contribution in [3.63, 3.8) is 0 Å². The topological polar surface area (TPSA) is 57.7 Å². The number of aromatic nitrogens is 1. The summed E-state index contributed by atoms with van der Waals surface area (Å²) in [7, 11) is 0. The van der Waals surface area contributed by atoms with Gasteiger partial charge in [-0.15, -0.1) is 11.3 Å². The van der Waals surface area contributed by atoms with Gasteiger partial charge in [-0.3, -0.25) is 14.6 Å². The summed E-state index contributed by atoms with van der Waals surface area (Å²) in [5.41, 5.74) is 1.13. The standard InChI is InChI=1S/C25H35ClN4O2S/c26-20-4-5-22-21(16-20)28-24(33-22)19-6-10-29(11-7-19)17-23(31)27-18-25(8-2-1-3-9-25)30-12-14-32-15-13-30/h4-5,16,19H,1-3,6-15,17-18H2,(H,27,31). The summed E-state index contributed by atoms with van der Waals surface area (Å²) >= 11 is 7.90. The molecule has 0 spiro atoms. The van der Waals surface area contributed by atoms with Crippen LogP contribution in [0.2, 0.25) is 5.02 Å². The maximum absolute atomic E-state index is 12.9. The molecule has 180 valence electrons. The van der Waals surface area contributed by atoms with Gasteiger partial charge in [-0.05, 0) is 57.0 Å². The van der Waals surface area contributed by atoms with E-state index in [1.54, 1.807) is 11.3 Å². The number of likely N-dealkylation sites (tertiary alicyclic amines) is 1. The van der Waals surface area contributed by atoms with Crippen LogP contribution in [-0.4, -0.2) is 78.7 Å². The molecule has 33 heavy (non-hydrogen) atoms. The predicted molar refractivity (Wildman–Crippen MR) is 134 cm³/mol. The molecule has 0 radical (unpaired) electrons. The van der Waals surface area contributed by atoms with E-state index in [1.807, 2.05) is 12.1 Å². The van der Waals surface area contributed by atoms with E-state index in [9.17, 15) is 4.79 Å². The van der Waals surface area contributed by atoms with Crippen LogP contribution in [0.25, 0.3) is 10.2 Å². The fourth-order valence-electron chi connectivity index (χ4n) is 5.81. The Kier molecular flexibility index (Phi) is 7.52. The molecule has 3 heterocycles. The fraction of sp³-hybridized carbons (Fsp3) is 0.680. The molecule has 3 aliphatic rings. The average molecular weight is 491 g/mol. The lowest BCUT2D eigenvalue weighted by Crippen LogP contribution is -2.60. The maximum Gasteiger partial charge on any atom is 0.234 e. The molecule has 1 saturated carbocycles. The van der Waals surface area contributed by atoms with Crippen molar-refractivity contribution in [2.24, 2.45) is 0 Å². The first-order valence-corrected chi connectivity index (χ1v) is 13.7. The minimum Gasteiger partial charge on any atom is -0.379 e. The molecule has 1 aliphatic carbocycles. The van der Waals surface area contributed by atoms with E-state index < -0.39 is 0 Å². The van der Waals surface area contributed by atoms with E-state index in [2.05, 4.69) is 21.2 Å². The van der Waals surface area contributed by atoms with E-state index in [0.717, 1.165) is 69.3 Å². The van der Waals surface area contributed by atoms with Gasteiger partial charge in [0.05, 0.1) is 35.0 Å². The second-order valence-electron chi connectivity index (χ2n) is 9.88. The molecule has 0 atom stereocenters.